The Morgan fingerprint density at radius 2 is 2.16 bits per heavy atom. The zero-order chi connectivity index (χ0) is 14.0. The van der Waals surface area contributed by atoms with Crippen LogP contribution >= 0.6 is 0 Å². The topological polar surface area (TPSA) is 39.3 Å². The van der Waals surface area contributed by atoms with Crippen molar-refractivity contribution in [3.63, 3.8) is 0 Å². The Labute approximate surface area is 115 Å². The fourth-order valence-electron chi connectivity index (χ4n) is 2.86. The minimum absolute atomic E-state index is 0.134. The zero-order valence-corrected chi connectivity index (χ0v) is 12.4. The average molecular weight is 263 g/mol. The molecule has 1 aliphatic rings. The number of carbonyl (C=O) groups excluding carboxylic acids is 1. The van der Waals surface area contributed by atoms with Gasteiger partial charge in [-0.2, -0.15) is 0 Å². The maximum absolute atomic E-state index is 12.4. The summed E-state index contributed by atoms with van der Waals surface area (Å²) < 4.78 is 0. The van der Waals surface area contributed by atoms with Gasteiger partial charge in [-0.3, -0.25) is 9.69 Å². The fraction of sp³-hybridized carbons (Fsp3) is 0.667. The first-order valence-electron chi connectivity index (χ1n) is 7.25. The van der Waals surface area contributed by atoms with Crippen LogP contribution in [0, 0.1) is 0 Å². The first-order valence-corrected chi connectivity index (χ1v) is 7.25. The van der Waals surface area contributed by atoms with E-state index in [1.54, 1.807) is 0 Å². The van der Waals surface area contributed by atoms with Crippen LogP contribution in [0.4, 0.5) is 0 Å². The van der Waals surface area contributed by atoms with Crippen molar-refractivity contribution < 1.29 is 4.79 Å². The summed E-state index contributed by atoms with van der Waals surface area (Å²) in [6.45, 7) is 11.3. The molecule has 1 aromatic rings. The van der Waals surface area contributed by atoms with Crippen molar-refractivity contribution >= 4 is 5.91 Å². The molecular formula is C15H25N3O. The lowest BCUT2D eigenvalue weighted by Crippen LogP contribution is -2.55. The molecular weight excluding hydrogens is 238 g/mol. The molecule has 0 aliphatic carbocycles. The summed E-state index contributed by atoms with van der Waals surface area (Å²) in [5.74, 6) is 0.134. The smallest absolute Gasteiger partial charge is 0.270 e. The molecule has 1 N–H and O–H groups in total. The zero-order valence-electron chi connectivity index (χ0n) is 12.4. The normalized spacial score (nSPS) is 21.1. The second kappa shape index (κ2) is 5.78. The van der Waals surface area contributed by atoms with Gasteiger partial charge in [0.1, 0.15) is 5.69 Å². The third-order valence-corrected chi connectivity index (χ3v) is 3.99. The molecule has 1 aromatic heterocycles. The Morgan fingerprint density at radius 3 is 2.68 bits per heavy atom. The predicted molar refractivity (Wildman–Crippen MR) is 77.4 cm³/mol. The van der Waals surface area contributed by atoms with Crippen molar-refractivity contribution in [1.29, 1.82) is 0 Å². The molecule has 1 amide bonds. The van der Waals surface area contributed by atoms with Crippen molar-refractivity contribution in [1.82, 2.24) is 14.8 Å². The molecule has 4 nitrogen and oxygen atoms in total. The van der Waals surface area contributed by atoms with Gasteiger partial charge < -0.3 is 9.88 Å². The average Bonchev–Trinajstić information content (AvgIpc) is 2.86. The highest BCUT2D eigenvalue weighted by molar-refractivity contribution is 5.92. The van der Waals surface area contributed by atoms with E-state index >= 15 is 0 Å². The second-order valence-corrected chi connectivity index (χ2v) is 5.68. The summed E-state index contributed by atoms with van der Waals surface area (Å²) in [6.07, 6.45) is 0.935. The lowest BCUT2D eigenvalue weighted by atomic mass is 10.1. The van der Waals surface area contributed by atoms with Gasteiger partial charge in [0.05, 0.1) is 0 Å². The van der Waals surface area contributed by atoms with Crippen molar-refractivity contribution in [2.75, 3.05) is 19.6 Å². The fourth-order valence-corrected chi connectivity index (χ4v) is 2.86. The first-order chi connectivity index (χ1) is 9.02. The van der Waals surface area contributed by atoms with Crippen LogP contribution in [0.25, 0.3) is 0 Å². The maximum Gasteiger partial charge on any atom is 0.270 e. The number of aromatic nitrogens is 1. The molecule has 1 atom stereocenters. The van der Waals surface area contributed by atoms with E-state index in [9.17, 15) is 4.79 Å². The maximum atomic E-state index is 12.4. The molecule has 4 heteroatoms. The molecule has 0 saturated carbocycles. The summed E-state index contributed by atoms with van der Waals surface area (Å²) in [5, 5.41) is 0. The van der Waals surface area contributed by atoms with Gasteiger partial charge in [-0.15, -0.1) is 0 Å². The number of amides is 1. The van der Waals surface area contributed by atoms with Gasteiger partial charge in [0, 0.05) is 37.4 Å². The van der Waals surface area contributed by atoms with Crippen molar-refractivity contribution in [2.45, 2.75) is 46.2 Å². The van der Waals surface area contributed by atoms with Gasteiger partial charge in [0.25, 0.3) is 5.91 Å². The van der Waals surface area contributed by atoms with Gasteiger partial charge in [-0.05, 0) is 39.3 Å². The van der Waals surface area contributed by atoms with E-state index < -0.39 is 0 Å². The number of hydrogen-bond acceptors (Lipinski definition) is 2. The molecule has 1 saturated heterocycles. The van der Waals surface area contributed by atoms with Gasteiger partial charge in [-0.25, -0.2) is 0 Å². The number of carbonyl (C=O) groups is 1. The van der Waals surface area contributed by atoms with Crippen molar-refractivity contribution in [2.24, 2.45) is 0 Å². The van der Waals surface area contributed by atoms with E-state index in [1.807, 2.05) is 17.0 Å². The van der Waals surface area contributed by atoms with Gasteiger partial charge in [-0.1, -0.05) is 6.92 Å². The molecule has 2 rings (SSSR count). The van der Waals surface area contributed by atoms with Crippen LogP contribution in [-0.2, 0) is 6.42 Å². The van der Waals surface area contributed by atoms with Crippen molar-refractivity contribution in [3.8, 4) is 0 Å². The van der Waals surface area contributed by atoms with E-state index in [0.29, 0.717) is 12.1 Å². The van der Waals surface area contributed by atoms with Crippen molar-refractivity contribution in [3.05, 3.63) is 23.5 Å². The summed E-state index contributed by atoms with van der Waals surface area (Å²) in [6, 6.07) is 4.88. The van der Waals surface area contributed by atoms with Crippen LogP contribution in [0.3, 0.4) is 0 Å². The number of aryl methyl sites for hydroxylation is 1. The molecule has 106 valence electrons. The molecule has 0 unspecified atom stereocenters. The van der Waals surface area contributed by atoms with E-state index in [0.717, 1.165) is 37.4 Å². The highest BCUT2D eigenvalue weighted by Crippen LogP contribution is 2.15. The highest BCUT2D eigenvalue weighted by Gasteiger charge is 2.28. The van der Waals surface area contributed by atoms with E-state index in [2.05, 4.69) is 37.6 Å². The standard InChI is InChI=1S/C15H25N3O/c1-5-13-6-7-14(16-13)15(19)17-8-9-18(11(2)3)12(4)10-17/h6-7,11-12,16H,5,8-10H2,1-4H3/t12-/m0/s1. The molecule has 0 aromatic carbocycles. The highest BCUT2D eigenvalue weighted by atomic mass is 16.2. The van der Waals surface area contributed by atoms with Gasteiger partial charge >= 0.3 is 0 Å². The number of H-pyrrole nitrogens is 1. The summed E-state index contributed by atoms with van der Waals surface area (Å²) in [4.78, 5) is 20.1. The monoisotopic (exact) mass is 263 g/mol. The van der Waals surface area contributed by atoms with E-state index in [1.165, 1.54) is 0 Å². The Balaban J connectivity index is 2.02. The van der Waals surface area contributed by atoms with E-state index in [-0.39, 0.29) is 5.91 Å². The van der Waals surface area contributed by atoms with Crippen LogP contribution in [0.15, 0.2) is 12.1 Å². The number of hydrogen-bond donors (Lipinski definition) is 1. The largest absolute Gasteiger partial charge is 0.354 e. The minimum atomic E-state index is 0.134. The van der Waals surface area contributed by atoms with Crippen LogP contribution in [0.2, 0.25) is 0 Å². The number of nitrogens with zero attached hydrogens (tertiary/aromatic N) is 2. The number of aromatic amines is 1. The van der Waals surface area contributed by atoms with Gasteiger partial charge in [0.2, 0.25) is 0 Å². The summed E-state index contributed by atoms with van der Waals surface area (Å²) >= 11 is 0. The summed E-state index contributed by atoms with van der Waals surface area (Å²) in [5.41, 5.74) is 1.85. The number of nitrogens with one attached hydrogen (secondary N) is 1. The SMILES string of the molecule is CCc1ccc(C(=O)N2CCN(C(C)C)[C@@H](C)C2)[nH]1. The molecule has 0 bridgehead atoms. The quantitative estimate of drug-likeness (QED) is 0.907. The summed E-state index contributed by atoms with van der Waals surface area (Å²) in [7, 11) is 0. The molecule has 19 heavy (non-hydrogen) atoms. The lowest BCUT2D eigenvalue weighted by molar-refractivity contribution is 0.0422. The molecule has 1 fully saturated rings. The number of rotatable bonds is 3. The number of piperazine rings is 1. The second-order valence-electron chi connectivity index (χ2n) is 5.68. The Morgan fingerprint density at radius 1 is 1.42 bits per heavy atom. The van der Waals surface area contributed by atoms with Crippen LogP contribution < -0.4 is 0 Å². The molecule has 2 heterocycles. The minimum Gasteiger partial charge on any atom is -0.354 e. The van der Waals surface area contributed by atoms with Gasteiger partial charge in [0.15, 0.2) is 0 Å². The van der Waals surface area contributed by atoms with Crippen LogP contribution in [-0.4, -0.2) is 52.4 Å². The predicted octanol–water partition coefficient (Wildman–Crippen LogP) is 2.13. The Kier molecular flexibility index (Phi) is 4.30. The Hall–Kier alpha value is -1.29. The first kappa shape index (κ1) is 14.1. The van der Waals surface area contributed by atoms with Crippen LogP contribution in [0.5, 0.6) is 0 Å². The van der Waals surface area contributed by atoms with Crippen LogP contribution in [0.1, 0.15) is 43.9 Å². The molecule has 0 spiro atoms. The third-order valence-electron chi connectivity index (χ3n) is 3.99. The van der Waals surface area contributed by atoms with E-state index in [4.69, 9.17) is 0 Å². The Bertz CT molecular complexity index is 438. The molecule has 0 radical (unpaired) electrons. The lowest BCUT2D eigenvalue weighted by Gasteiger charge is -2.41. The third kappa shape index (κ3) is 3.00. The molecule has 1 aliphatic heterocycles.